The van der Waals surface area contributed by atoms with E-state index in [-0.39, 0.29) is 0 Å². The Morgan fingerprint density at radius 3 is 1.79 bits per heavy atom. The zero-order chi connectivity index (χ0) is 10.2. The molecule has 5 atom stereocenters. The van der Waals surface area contributed by atoms with Gasteiger partial charge in [-0.2, -0.15) is 0 Å². The highest BCUT2D eigenvalue weighted by Crippen LogP contribution is 2.71. The summed E-state index contributed by atoms with van der Waals surface area (Å²) in [6, 6.07) is 0. The lowest BCUT2D eigenvalue weighted by Crippen LogP contribution is -2.57. The van der Waals surface area contributed by atoms with Crippen molar-refractivity contribution < 1.29 is 0 Å². The van der Waals surface area contributed by atoms with Crippen molar-refractivity contribution in [3.8, 4) is 0 Å². The Morgan fingerprint density at radius 1 is 0.857 bits per heavy atom. The summed E-state index contributed by atoms with van der Waals surface area (Å²) in [6.07, 6.45) is 7.58. The van der Waals surface area contributed by atoms with Crippen molar-refractivity contribution in [2.24, 2.45) is 28.1 Å². The molecule has 3 unspecified atom stereocenters. The van der Waals surface area contributed by atoms with Crippen molar-refractivity contribution in [2.75, 3.05) is 0 Å². The molecule has 0 N–H and O–H groups in total. The average Bonchev–Trinajstić information content (AvgIpc) is 1.94. The molecule has 80 valence electrons. The zero-order valence-electron chi connectivity index (χ0n) is 10.2. The van der Waals surface area contributed by atoms with Crippen molar-refractivity contribution in [2.45, 2.75) is 59.8 Å². The van der Waals surface area contributed by atoms with Gasteiger partial charge in [-0.05, 0) is 60.2 Å². The minimum Gasteiger partial charge on any atom is -0.0617 e. The molecule has 4 saturated carbocycles. The molecule has 0 amide bonds. The molecule has 0 aromatic carbocycles. The van der Waals surface area contributed by atoms with Crippen LogP contribution in [0, 0.1) is 28.1 Å². The third-order valence-electron chi connectivity index (χ3n) is 5.83. The maximum atomic E-state index is 2.57. The molecule has 4 aliphatic carbocycles. The second-order valence-corrected chi connectivity index (χ2v) is 7.76. The van der Waals surface area contributed by atoms with Crippen LogP contribution in [-0.2, 0) is 0 Å². The van der Waals surface area contributed by atoms with Crippen LogP contribution >= 0.6 is 0 Å². The van der Waals surface area contributed by atoms with E-state index < -0.39 is 0 Å². The third-order valence-corrected chi connectivity index (χ3v) is 5.83. The van der Waals surface area contributed by atoms with Crippen molar-refractivity contribution in [1.29, 1.82) is 0 Å². The Labute approximate surface area is 88.5 Å². The van der Waals surface area contributed by atoms with Crippen LogP contribution in [-0.4, -0.2) is 0 Å². The smallest absolute Gasteiger partial charge is 0.0287 e. The molecular weight excluding hydrogens is 168 g/mol. The van der Waals surface area contributed by atoms with Crippen molar-refractivity contribution in [1.82, 2.24) is 0 Å². The lowest BCUT2D eigenvalue weighted by atomic mass is 9.38. The zero-order valence-corrected chi connectivity index (χ0v) is 10.2. The first kappa shape index (κ1) is 9.24. The minimum absolute atomic E-state index is 0.683. The maximum absolute atomic E-state index is 2.57. The Balaban J connectivity index is 2.06. The Bertz CT molecular complexity index is 260. The fourth-order valence-electron chi connectivity index (χ4n) is 6.04. The van der Waals surface area contributed by atoms with Gasteiger partial charge in [-0.15, -0.1) is 0 Å². The van der Waals surface area contributed by atoms with Gasteiger partial charge in [-0.3, -0.25) is 0 Å². The van der Waals surface area contributed by atoms with Gasteiger partial charge in [-0.1, -0.05) is 27.7 Å². The first-order chi connectivity index (χ1) is 6.34. The van der Waals surface area contributed by atoms with E-state index in [0.717, 1.165) is 11.8 Å². The van der Waals surface area contributed by atoms with Crippen LogP contribution in [0.4, 0.5) is 0 Å². The number of rotatable bonds is 0. The summed E-state index contributed by atoms with van der Waals surface area (Å²) in [4.78, 5) is 0. The largest absolute Gasteiger partial charge is 0.0617 e. The van der Waals surface area contributed by atoms with Crippen molar-refractivity contribution in [3.05, 3.63) is 0 Å². The molecule has 4 fully saturated rings. The summed E-state index contributed by atoms with van der Waals surface area (Å²) in [5.74, 6) is 2.04. The summed E-state index contributed by atoms with van der Waals surface area (Å²) in [7, 11) is 0. The van der Waals surface area contributed by atoms with Crippen LogP contribution in [0.15, 0.2) is 0 Å². The second kappa shape index (κ2) is 2.23. The highest BCUT2D eigenvalue weighted by atomic mass is 14.7. The van der Waals surface area contributed by atoms with Crippen LogP contribution in [0.25, 0.3) is 0 Å². The maximum Gasteiger partial charge on any atom is -0.0287 e. The second-order valence-electron chi connectivity index (χ2n) is 7.76. The molecule has 0 aliphatic heterocycles. The molecule has 0 saturated heterocycles. The van der Waals surface area contributed by atoms with E-state index in [9.17, 15) is 0 Å². The fraction of sp³-hybridized carbons (Fsp3) is 1.00. The lowest BCUT2D eigenvalue weighted by Gasteiger charge is -2.67. The highest BCUT2D eigenvalue weighted by molar-refractivity contribution is 5.11. The predicted octanol–water partition coefficient (Wildman–Crippen LogP) is 4.25. The van der Waals surface area contributed by atoms with Gasteiger partial charge in [0, 0.05) is 0 Å². The molecule has 0 heterocycles. The molecule has 0 nitrogen and oxygen atoms in total. The summed E-state index contributed by atoms with van der Waals surface area (Å²) >= 11 is 0. The summed E-state index contributed by atoms with van der Waals surface area (Å²) in [6.45, 7) is 10.2. The first-order valence-electron chi connectivity index (χ1n) is 6.34. The van der Waals surface area contributed by atoms with Gasteiger partial charge < -0.3 is 0 Å². The molecule has 0 heteroatoms. The van der Waals surface area contributed by atoms with E-state index in [1.807, 2.05) is 0 Å². The van der Waals surface area contributed by atoms with E-state index in [0.29, 0.717) is 16.2 Å². The van der Waals surface area contributed by atoms with Gasteiger partial charge in [0.2, 0.25) is 0 Å². The average molecular weight is 192 g/mol. The van der Waals surface area contributed by atoms with Crippen LogP contribution in [0.3, 0.4) is 0 Å². The quantitative estimate of drug-likeness (QED) is 0.538. The summed E-state index contributed by atoms with van der Waals surface area (Å²) in [5, 5.41) is 0. The molecule has 4 bridgehead atoms. The molecule has 4 rings (SSSR count). The van der Waals surface area contributed by atoms with Gasteiger partial charge in [0.15, 0.2) is 0 Å². The number of hydrogen-bond donors (Lipinski definition) is 0. The molecule has 4 aliphatic rings. The van der Waals surface area contributed by atoms with E-state index in [1.165, 1.54) is 32.1 Å². The Kier molecular flexibility index (Phi) is 1.47. The Hall–Kier alpha value is 0. The van der Waals surface area contributed by atoms with Crippen LogP contribution in [0.5, 0.6) is 0 Å². The van der Waals surface area contributed by atoms with Gasteiger partial charge >= 0.3 is 0 Å². The van der Waals surface area contributed by atoms with Gasteiger partial charge in [0.05, 0.1) is 0 Å². The van der Waals surface area contributed by atoms with Gasteiger partial charge in [-0.25, -0.2) is 0 Å². The Morgan fingerprint density at radius 2 is 1.36 bits per heavy atom. The molecule has 14 heavy (non-hydrogen) atoms. The predicted molar refractivity (Wildman–Crippen MR) is 60.1 cm³/mol. The fourth-order valence-corrected chi connectivity index (χ4v) is 6.04. The van der Waals surface area contributed by atoms with Crippen molar-refractivity contribution in [3.63, 3.8) is 0 Å². The molecular formula is C14H24. The third kappa shape index (κ3) is 1.01. The number of hydrogen-bond acceptors (Lipinski definition) is 0. The van der Waals surface area contributed by atoms with Crippen LogP contribution < -0.4 is 0 Å². The normalized spacial score (nSPS) is 66.0. The standard InChI is InChI=1S/C14H24/c1-10-11-5-12(2)7-13(3,6-11)9-14(10,4)8-12/h10-11H,5-9H2,1-4H3/t10?,11?,12-,13+,14?. The van der Waals surface area contributed by atoms with E-state index >= 15 is 0 Å². The van der Waals surface area contributed by atoms with E-state index in [4.69, 9.17) is 0 Å². The van der Waals surface area contributed by atoms with Gasteiger partial charge in [0.1, 0.15) is 0 Å². The monoisotopic (exact) mass is 192 g/mol. The highest BCUT2D eigenvalue weighted by Gasteiger charge is 2.61. The molecule has 0 spiro atoms. The summed E-state index contributed by atoms with van der Waals surface area (Å²) < 4.78 is 0. The minimum atomic E-state index is 0.683. The van der Waals surface area contributed by atoms with Crippen LogP contribution in [0.2, 0.25) is 0 Å². The van der Waals surface area contributed by atoms with Gasteiger partial charge in [0.25, 0.3) is 0 Å². The molecule has 0 aromatic heterocycles. The summed E-state index contributed by atoms with van der Waals surface area (Å²) in [5.41, 5.74) is 2.09. The molecule has 0 aromatic rings. The SMILES string of the molecule is CC1C2C[C@@]3(C)CC1(C)C[C@@](C)(C2)C3. The van der Waals surface area contributed by atoms with Crippen LogP contribution in [0.1, 0.15) is 59.8 Å². The topological polar surface area (TPSA) is 0 Å². The molecule has 0 radical (unpaired) electrons. The lowest BCUT2D eigenvalue weighted by molar-refractivity contribution is -0.172. The van der Waals surface area contributed by atoms with E-state index in [1.54, 1.807) is 0 Å². The van der Waals surface area contributed by atoms with E-state index in [2.05, 4.69) is 27.7 Å². The first-order valence-corrected chi connectivity index (χ1v) is 6.34. The van der Waals surface area contributed by atoms with Crippen molar-refractivity contribution >= 4 is 0 Å².